The average molecular weight is 475 g/mol. The third kappa shape index (κ3) is 4.51. The second kappa shape index (κ2) is 9.72. The van der Waals surface area contributed by atoms with Crippen LogP contribution in [0.2, 0.25) is 0 Å². The monoisotopic (exact) mass is 474 g/mol. The van der Waals surface area contributed by atoms with Crippen molar-refractivity contribution in [3.63, 3.8) is 0 Å². The van der Waals surface area contributed by atoms with Gasteiger partial charge in [0.15, 0.2) is 5.82 Å². The van der Waals surface area contributed by atoms with Crippen molar-refractivity contribution in [2.45, 2.75) is 77.0 Å². The second-order valence-electron chi connectivity index (χ2n) is 9.91. The van der Waals surface area contributed by atoms with Crippen LogP contribution in [0, 0.1) is 0 Å². The standard InChI is InChI=1S/C28H34N4O3/c1-3-35-22-16-14-20(15-17-22)18-32-26(33)25-30-23-12-8-9-13-24(23)31(25)19-28(32,2)27(34)29-21-10-6-4-5-7-11-21/h8-9,12-17,21H,3-7,10-11,18-19H2,1-2H3,(H,29,34)/t28-/m1/s1. The van der Waals surface area contributed by atoms with E-state index in [1.165, 1.54) is 12.8 Å². The summed E-state index contributed by atoms with van der Waals surface area (Å²) in [6.07, 6.45) is 6.69. The summed E-state index contributed by atoms with van der Waals surface area (Å²) in [6.45, 7) is 5.13. The summed E-state index contributed by atoms with van der Waals surface area (Å²) in [5.74, 6) is 0.862. The number of amides is 2. The number of nitrogens with one attached hydrogen (secondary N) is 1. The van der Waals surface area contributed by atoms with Crippen LogP contribution in [-0.4, -0.2) is 44.5 Å². The Morgan fingerprint density at radius 2 is 1.80 bits per heavy atom. The van der Waals surface area contributed by atoms with Crippen molar-refractivity contribution in [3.8, 4) is 5.75 Å². The first kappa shape index (κ1) is 23.4. The van der Waals surface area contributed by atoms with E-state index in [2.05, 4.69) is 10.3 Å². The Bertz CT molecular complexity index is 1210. The van der Waals surface area contributed by atoms with E-state index in [0.717, 1.165) is 48.0 Å². The topological polar surface area (TPSA) is 76.5 Å². The first-order valence-electron chi connectivity index (χ1n) is 12.8. The van der Waals surface area contributed by atoms with Crippen molar-refractivity contribution < 1.29 is 14.3 Å². The van der Waals surface area contributed by atoms with Gasteiger partial charge in [-0.2, -0.15) is 0 Å². The Labute approximate surface area is 206 Å². The summed E-state index contributed by atoms with van der Waals surface area (Å²) in [5.41, 5.74) is 1.55. The number of rotatable bonds is 6. The second-order valence-corrected chi connectivity index (χ2v) is 9.91. The zero-order chi connectivity index (χ0) is 24.4. The molecule has 0 spiro atoms. The zero-order valence-electron chi connectivity index (χ0n) is 20.6. The number of para-hydroxylation sites is 2. The van der Waals surface area contributed by atoms with Crippen LogP contribution in [0.15, 0.2) is 48.5 Å². The number of hydrogen-bond donors (Lipinski definition) is 1. The first-order chi connectivity index (χ1) is 17.0. The smallest absolute Gasteiger partial charge is 0.291 e. The van der Waals surface area contributed by atoms with Crippen LogP contribution >= 0.6 is 0 Å². The molecule has 2 aromatic carbocycles. The van der Waals surface area contributed by atoms with E-state index in [9.17, 15) is 9.59 Å². The third-order valence-electron chi connectivity index (χ3n) is 7.41. The highest BCUT2D eigenvalue weighted by Gasteiger charge is 2.48. The van der Waals surface area contributed by atoms with Crippen LogP contribution in [-0.2, 0) is 17.9 Å². The maximum Gasteiger partial charge on any atom is 0.291 e. The number of ether oxygens (including phenoxy) is 1. The Balaban J connectivity index is 1.50. The van der Waals surface area contributed by atoms with E-state index in [-0.39, 0.29) is 17.9 Å². The molecule has 35 heavy (non-hydrogen) atoms. The molecule has 0 radical (unpaired) electrons. The van der Waals surface area contributed by atoms with E-state index in [4.69, 9.17) is 4.74 Å². The van der Waals surface area contributed by atoms with Crippen LogP contribution in [0.5, 0.6) is 5.75 Å². The molecule has 7 heteroatoms. The molecule has 1 aliphatic carbocycles. The summed E-state index contributed by atoms with van der Waals surface area (Å²) in [6, 6.07) is 15.6. The van der Waals surface area contributed by atoms with Crippen LogP contribution in [0.4, 0.5) is 0 Å². The largest absolute Gasteiger partial charge is 0.494 e. The molecule has 3 aromatic rings. The summed E-state index contributed by atoms with van der Waals surface area (Å²) in [5, 5.41) is 3.32. The fourth-order valence-corrected chi connectivity index (χ4v) is 5.38. The molecular formula is C28H34N4O3. The van der Waals surface area contributed by atoms with Gasteiger partial charge in [0.2, 0.25) is 5.91 Å². The van der Waals surface area contributed by atoms with Crippen molar-refractivity contribution >= 4 is 22.8 Å². The molecule has 5 rings (SSSR count). The van der Waals surface area contributed by atoms with Crippen LogP contribution < -0.4 is 10.1 Å². The minimum Gasteiger partial charge on any atom is -0.494 e. The van der Waals surface area contributed by atoms with Gasteiger partial charge in [0.05, 0.1) is 24.2 Å². The normalized spacial score (nSPS) is 21.0. The quantitative estimate of drug-likeness (QED) is 0.526. The summed E-state index contributed by atoms with van der Waals surface area (Å²) >= 11 is 0. The fourth-order valence-electron chi connectivity index (χ4n) is 5.38. The number of benzene rings is 2. The van der Waals surface area contributed by atoms with E-state index in [1.807, 2.05) is 66.9 Å². The van der Waals surface area contributed by atoms with Crippen LogP contribution in [0.25, 0.3) is 11.0 Å². The lowest BCUT2D eigenvalue weighted by Crippen LogP contribution is -2.64. The van der Waals surface area contributed by atoms with Crippen molar-refractivity contribution in [1.82, 2.24) is 19.8 Å². The highest BCUT2D eigenvalue weighted by atomic mass is 16.5. The molecule has 0 unspecified atom stereocenters. The van der Waals surface area contributed by atoms with E-state index >= 15 is 0 Å². The molecule has 2 amide bonds. The SMILES string of the molecule is CCOc1ccc(CN2C(=O)c3nc4ccccc4n3C[C@]2(C)C(=O)NC2CCCCCC2)cc1. The van der Waals surface area contributed by atoms with Gasteiger partial charge in [-0.3, -0.25) is 9.59 Å². The highest BCUT2D eigenvalue weighted by molar-refractivity contribution is 6.01. The maximum atomic E-state index is 13.9. The molecule has 1 atom stereocenters. The maximum absolute atomic E-state index is 13.9. The van der Waals surface area contributed by atoms with Crippen molar-refractivity contribution in [2.24, 2.45) is 0 Å². The Morgan fingerprint density at radius 3 is 2.51 bits per heavy atom. The molecule has 0 bridgehead atoms. The molecule has 1 N–H and O–H groups in total. The molecular weight excluding hydrogens is 440 g/mol. The predicted octanol–water partition coefficient (Wildman–Crippen LogP) is 4.69. The minimum absolute atomic E-state index is 0.0906. The number of carbonyl (C=O) groups is 2. The minimum atomic E-state index is -1.04. The van der Waals surface area contributed by atoms with Gasteiger partial charge in [-0.25, -0.2) is 4.98 Å². The molecule has 1 aromatic heterocycles. The molecule has 2 aliphatic rings. The predicted molar refractivity (Wildman–Crippen MR) is 135 cm³/mol. The van der Waals surface area contributed by atoms with Gasteiger partial charge < -0.3 is 19.5 Å². The Morgan fingerprint density at radius 1 is 1.09 bits per heavy atom. The number of imidazole rings is 1. The lowest BCUT2D eigenvalue weighted by atomic mass is 9.93. The van der Waals surface area contributed by atoms with Gasteiger partial charge in [-0.05, 0) is 56.5 Å². The lowest BCUT2D eigenvalue weighted by molar-refractivity contribution is -0.134. The lowest BCUT2D eigenvalue weighted by Gasteiger charge is -2.44. The molecule has 1 saturated carbocycles. The van der Waals surface area contributed by atoms with Crippen molar-refractivity contribution in [2.75, 3.05) is 6.61 Å². The van der Waals surface area contributed by atoms with Gasteiger partial charge in [0.1, 0.15) is 11.3 Å². The average Bonchev–Trinajstić information content (AvgIpc) is 3.03. The van der Waals surface area contributed by atoms with Gasteiger partial charge >= 0.3 is 0 Å². The molecule has 0 saturated heterocycles. The molecule has 2 heterocycles. The molecule has 184 valence electrons. The van der Waals surface area contributed by atoms with Gasteiger partial charge in [-0.1, -0.05) is 49.9 Å². The zero-order valence-corrected chi connectivity index (χ0v) is 20.6. The summed E-state index contributed by atoms with van der Waals surface area (Å²) in [4.78, 5) is 34.1. The van der Waals surface area contributed by atoms with Crippen molar-refractivity contribution in [1.29, 1.82) is 0 Å². The van der Waals surface area contributed by atoms with E-state index in [1.54, 1.807) is 4.90 Å². The number of aromatic nitrogens is 2. The highest BCUT2D eigenvalue weighted by Crippen LogP contribution is 2.32. The Kier molecular flexibility index (Phi) is 6.50. The number of nitrogens with zero attached hydrogens (tertiary/aromatic N) is 3. The van der Waals surface area contributed by atoms with E-state index < -0.39 is 5.54 Å². The number of hydrogen-bond acceptors (Lipinski definition) is 4. The fraction of sp³-hybridized carbons (Fsp3) is 0.464. The van der Waals surface area contributed by atoms with Gasteiger partial charge in [0.25, 0.3) is 5.91 Å². The van der Waals surface area contributed by atoms with E-state index in [0.29, 0.717) is 25.5 Å². The summed E-state index contributed by atoms with van der Waals surface area (Å²) in [7, 11) is 0. The summed E-state index contributed by atoms with van der Waals surface area (Å²) < 4.78 is 7.48. The van der Waals surface area contributed by atoms with Gasteiger partial charge in [0, 0.05) is 12.6 Å². The molecule has 7 nitrogen and oxygen atoms in total. The van der Waals surface area contributed by atoms with Crippen molar-refractivity contribution in [3.05, 3.63) is 59.9 Å². The number of fused-ring (bicyclic) bond motifs is 3. The molecule has 1 fully saturated rings. The third-order valence-corrected chi connectivity index (χ3v) is 7.41. The first-order valence-corrected chi connectivity index (χ1v) is 12.8. The Hall–Kier alpha value is -3.35. The molecule has 1 aliphatic heterocycles. The number of carbonyl (C=O) groups excluding carboxylic acids is 2. The van der Waals surface area contributed by atoms with Gasteiger partial charge in [-0.15, -0.1) is 0 Å². The van der Waals surface area contributed by atoms with Crippen LogP contribution in [0.3, 0.4) is 0 Å². The van der Waals surface area contributed by atoms with Crippen LogP contribution in [0.1, 0.15) is 68.6 Å².